The molecular weight excluding hydrogens is 398 g/mol. The van der Waals surface area contributed by atoms with E-state index in [9.17, 15) is 9.59 Å². The number of anilines is 1. The zero-order chi connectivity index (χ0) is 22.6. The Bertz CT molecular complexity index is 1110. The molecule has 3 aromatic rings. The van der Waals surface area contributed by atoms with Crippen molar-refractivity contribution in [1.82, 2.24) is 10.3 Å². The highest BCUT2D eigenvalue weighted by Crippen LogP contribution is 2.31. The SMILES string of the molecule is COc1cc(OC)cc(-c2cnc3cc(NC(=O)NCC(C)(C)C(=O)O)ccc3c2)c1. The van der Waals surface area contributed by atoms with Crippen molar-refractivity contribution in [2.75, 3.05) is 26.1 Å². The number of rotatable bonds is 7. The summed E-state index contributed by atoms with van der Waals surface area (Å²) in [6.45, 7) is 3.10. The number of aromatic nitrogens is 1. The predicted octanol–water partition coefficient (Wildman–Crippen LogP) is 4.15. The summed E-state index contributed by atoms with van der Waals surface area (Å²) in [7, 11) is 3.20. The number of amides is 2. The van der Waals surface area contributed by atoms with Gasteiger partial charge in [-0.3, -0.25) is 9.78 Å². The zero-order valence-electron chi connectivity index (χ0n) is 17.9. The average molecular weight is 423 g/mol. The highest BCUT2D eigenvalue weighted by Gasteiger charge is 2.27. The normalized spacial score (nSPS) is 11.1. The van der Waals surface area contributed by atoms with Gasteiger partial charge in [-0.1, -0.05) is 6.07 Å². The summed E-state index contributed by atoms with van der Waals surface area (Å²) in [5, 5.41) is 15.3. The molecule has 0 radical (unpaired) electrons. The van der Waals surface area contributed by atoms with E-state index in [0.717, 1.165) is 16.5 Å². The van der Waals surface area contributed by atoms with Crippen LogP contribution in [0.5, 0.6) is 11.5 Å². The lowest BCUT2D eigenvalue weighted by Crippen LogP contribution is -2.40. The second-order valence-electron chi connectivity index (χ2n) is 7.73. The maximum Gasteiger partial charge on any atom is 0.319 e. The van der Waals surface area contributed by atoms with Gasteiger partial charge in [0.25, 0.3) is 0 Å². The molecule has 0 spiro atoms. The second kappa shape index (κ2) is 8.91. The van der Waals surface area contributed by atoms with E-state index in [1.165, 1.54) is 0 Å². The fourth-order valence-corrected chi connectivity index (χ4v) is 2.88. The van der Waals surface area contributed by atoms with E-state index in [1.807, 2.05) is 24.3 Å². The van der Waals surface area contributed by atoms with E-state index in [-0.39, 0.29) is 6.54 Å². The van der Waals surface area contributed by atoms with E-state index in [1.54, 1.807) is 52.5 Å². The number of carboxylic acid groups (broad SMARTS) is 1. The molecule has 8 nitrogen and oxygen atoms in total. The van der Waals surface area contributed by atoms with Crippen LogP contribution in [0.3, 0.4) is 0 Å². The van der Waals surface area contributed by atoms with Gasteiger partial charge in [-0.25, -0.2) is 4.79 Å². The molecule has 0 saturated carbocycles. The van der Waals surface area contributed by atoms with Crippen LogP contribution in [0.25, 0.3) is 22.0 Å². The van der Waals surface area contributed by atoms with Gasteiger partial charge in [-0.05, 0) is 49.7 Å². The summed E-state index contributed by atoms with van der Waals surface area (Å²) < 4.78 is 10.7. The topological polar surface area (TPSA) is 110 Å². The summed E-state index contributed by atoms with van der Waals surface area (Å²) in [5.41, 5.74) is 2.03. The van der Waals surface area contributed by atoms with Crippen LogP contribution in [0.15, 0.2) is 48.7 Å². The molecule has 1 aromatic heterocycles. The molecule has 0 aliphatic rings. The van der Waals surface area contributed by atoms with Gasteiger partial charge in [0.2, 0.25) is 0 Å². The highest BCUT2D eigenvalue weighted by atomic mass is 16.5. The molecule has 8 heteroatoms. The van der Waals surface area contributed by atoms with Crippen LogP contribution in [0.1, 0.15) is 13.8 Å². The molecule has 0 aliphatic carbocycles. The number of hydrogen-bond acceptors (Lipinski definition) is 5. The third-order valence-corrected chi connectivity index (χ3v) is 4.90. The molecule has 3 rings (SSSR count). The minimum atomic E-state index is -1.05. The molecule has 0 atom stereocenters. The standard InChI is InChI=1S/C23H25N3O5/c1-23(2,21(27)28)13-25-22(29)26-17-6-5-14-7-16(12-24-20(14)10-17)15-8-18(30-3)11-19(9-15)31-4/h5-12H,13H2,1-4H3,(H,27,28)(H2,25,26,29). The number of carboxylic acids is 1. The van der Waals surface area contributed by atoms with Crippen molar-refractivity contribution in [3.63, 3.8) is 0 Å². The fourth-order valence-electron chi connectivity index (χ4n) is 2.88. The van der Waals surface area contributed by atoms with Crippen molar-refractivity contribution < 1.29 is 24.2 Å². The van der Waals surface area contributed by atoms with Gasteiger partial charge in [0.05, 0.1) is 25.2 Å². The fraction of sp³-hybridized carbons (Fsp3) is 0.261. The lowest BCUT2D eigenvalue weighted by Gasteiger charge is -2.19. The number of carbonyl (C=O) groups is 2. The van der Waals surface area contributed by atoms with Crippen molar-refractivity contribution >= 4 is 28.6 Å². The molecule has 2 amide bonds. The van der Waals surface area contributed by atoms with Crippen molar-refractivity contribution in [3.05, 3.63) is 48.7 Å². The number of ether oxygens (including phenoxy) is 2. The van der Waals surface area contributed by atoms with Crippen molar-refractivity contribution in [1.29, 1.82) is 0 Å². The molecule has 162 valence electrons. The molecule has 2 aromatic carbocycles. The molecular formula is C23H25N3O5. The third-order valence-electron chi connectivity index (χ3n) is 4.90. The van der Waals surface area contributed by atoms with Crippen LogP contribution >= 0.6 is 0 Å². The molecule has 0 saturated heterocycles. The first-order valence-corrected chi connectivity index (χ1v) is 9.63. The number of benzene rings is 2. The van der Waals surface area contributed by atoms with E-state index in [0.29, 0.717) is 22.7 Å². The lowest BCUT2D eigenvalue weighted by atomic mass is 9.94. The Morgan fingerprint density at radius 1 is 1.00 bits per heavy atom. The Morgan fingerprint density at radius 3 is 2.29 bits per heavy atom. The Hall–Kier alpha value is -3.81. The maximum absolute atomic E-state index is 12.1. The Labute approximate surface area is 180 Å². The van der Waals surface area contributed by atoms with E-state index in [4.69, 9.17) is 14.6 Å². The molecule has 1 heterocycles. The van der Waals surface area contributed by atoms with Crippen LogP contribution in [-0.4, -0.2) is 42.9 Å². The first-order valence-electron chi connectivity index (χ1n) is 9.63. The Balaban J connectivity index is 1.78. The number of nitrogens with one attached hydrogen (secondary N) is 2. The number of urea groups is 1. The van der Waals surface area contributed by atoms with Gasteiger partial charge >= 0.3 is 12.0 Å². The van der Waals surface area contributed by atoms with Gasteiger partial charge in [0, 0.05) is 35.4 Å². The smallest absolute Gasteiger partial charge is 0.319 e. The molecule has 0 aliphatic heterocycles. The third kappa shape index (κ3) is 5.22. The van der Waals surface area contributed by atoms with E-state index >= 15 is 0 Å². The van der Waals surface area contributed by atoms with Crippen LogP contribution in [0, 0.1) is 5.41 Å². The highest BCUT2D eigenvalue weighted by molar-refractivity contribution is 5.93. The first kappa shape index (κ1) is 21.9. The molecule has 0 unspecified atom stereocenters. The number of methoxy groups -OCH3 is 2. The predicted molar refractivity (Wildman–Crippen MR) is 119 cm³/mol. The molecule has 3 N–H and O–H groups in total. The van der Waals surface area contributed by atoms with Crippen LogP contribution in [0.4, 0.5) is 10.5 Å². The maximum atomic E-state index is 12.1. The van der Waals surface area contributed by atoms with Crippen molar-refractivity contribution in [2.24, 2.45) is 5.41 Å². The molecule has 31 heavy (non-hydrogen) atoms. The van der Waals surface area contributed by atoms with E-state index in [2.05, 4.69) is 15.6 Å². The number of hydrogen-bond donors (Lipinski definition) is 3. The minimum absolute atomic E-state index is 0.00730. The number of nitrogens with zero attached hydrogens (tertiary/aromatic N) is 1. The van der Waals surface area contributed by atoms with Gasteiger partial charge in [0.1, 0.15) is 11.5 Å². The number of fused-ring (bicyclic) bond motifs is 1. The first-order chi connectivity index (χ1) is 14.7. The molecule has 0 bridgehead atoms. The summed E-state index contributed by atoms with van der Waals surface area (Å²) in [5.74, 6) is 0.393. The Morgan fingerprint density at radius 2 is 1.68 bits per heavy atom. The molecule has 0 fully saturated rings. The summed E-state index contributed by atoms with van der Waals surface area (Å²) in [4.78, 5) is 27.8. The van der Waals surface area contributed by atoms with Gasteiger partial charge in [-0.2, -0.15) is 0 Å². The number of aliphatic carboxylic acids is 1. The largest absolute Gasteiger partial charge is 0.497 e. The van der Waals surface area contributed by atoms with Gasteiger partial charge < -0.3 is 25.2 Å². The number of pyridine rings is 1. The van der Waals surface area contributed by atoms with Crippen LogP contribution in [0.2, 0.25) is 0 Å². The van der Waals surface area contributed by atoms with Crippen LogP contribution < -0.4 is 20.1 Å². The average Bonchev–Trinajstić information content (AvgIpc) is 2.76. The quantitative estimate of drug-likeness (QED) is 0.527. The second-order valence-corrected chi connectivity index (χ2v) is 7.73. The van der Waals surface area contributed by atoms with Gasteiger partial charge in [0.15, 0.2) is 0 Å². The lowest BCUT2D eigenvalue weighted by molar-refractivity contribution is -0.146. The van der Waals surface area contributed by atoms with Gasteiger partial charge in [-0.15, -0.1) is 0 Å². The van der Waals surface area contributed by atoms with Crippen molar-refractivity contribution in [3.8, 4) is 22.6 Å². The number of carbonyl (C=O) groups excluding carboxylic acids is 1. The zero-order valence-corrected chi connectivity index (χ0v) is 17.9. The summed E-state index contributed by atoms with van der Waals surface area (Å²) >= 11 is 0. The van der Waals surface area contributed by atoms with E-state index < -0.39 is 17.4 Å². The Kier molecular flexibility index (Phi) is 6.29. The summed E-state index contributed by atoms with van der Waals surface area (Å²) in [6, 6.07) is 12.5. The summed E-state index contributed by atoms with van der Waals surface area (Å²) in [6.07, 6.45) is 1.75. The van der Waals surface area contributed by atoms with Crippen LogP contribution in [-0.2, 0) is 4.79 Å². The van der Waals surface area contributed by atoms with Crippen molar-refractivity contribution in [2.45, 2.75) is 13.8 Å². The monoisotopic (exact) mass is 423 g/mol. The minimum Gasteiger partial charge on any atom is -0.497 e.